The Morgan fingerprint density at radius 3 is 2.37 bits per heavy atom. The second kappa shape index (κ2) is 10.0. The molecule has 9 heteroatoms. The Bertz CT molecular complexity index is 1050. The first kappa shape index (κ1) is 21.5. The van der Waals surface area contributed by atoms with Gasteiger partial charge in [0.05, 0.1) is 17.9 Å². The molecule has 30 heavy (non-hydrogen) atoms. The van der Waals surface area contributed by atoms with Crippen LogP contribution in [0, 0.1) is 12.7 Å². The predicted octanol–water partition coefficient (Wildman–Crippen LogP) is 3.66. The van der Waals surface area contributed by atoms with Gasteiger partial charge >= 0.3 is 0 Å². The minimum absolute atomic E-state index is 0.0505. The molecule has 0 unspecified atom stereocenters. The molecule has 7 nitrogen and oxygen atoms in total. The number of carbonyl (C=O) groups excluding carboxylic acids is 2. The fourth-order valence-electron chi connectivity index (χ4n) is 2.80. The summed E-state index contributed by atoms with van der Waals surface area (Å²) in [6.45, 7) is 4.37. The first-order valence-corrected chi connectivity index (χ1v) is 10.4. The lowest BCUT2D eigenvalue weighted by molar-refractivity contribution is -0.116. The highest BCUT2D eigenvalue weighted by molar-refractivity contribution is 7.99. The molecular formula is C21H22FN5O2S. The van der Waals surface area contributed by atoms with E-state index in [9.17, 15) is 14.0 Å². The minimum Gasteiger partial charge on any atom is -0.325 e. The molecular weight excluding hydrogens is 405 g/mol. The standard InChI is InChI=1S/C21H22FN5O2S/c1-3-27-18(12-19(28)24-17-11-7-5-9-15(17)22)25-26-21(27)30-13-20(29)23-16-10-6-4-8-14(16)2/h4-11H,3,12-13H2,1-2H3,(H,23,29)(H,24,28). The number of halogens is 1. The van der Waals surface area contributed by atoms with Gasteiger partial charge in [-0.2, -0.15) is 0 Å². The molecule has 0 saturated carbocycles. The molecule has 0 spiro atoms. The summed E-state index contributed by atoms with van der Waals surface area (Å²) in [5.41, 5.74) is 1.87. The summed E-state index contributed by atoms with van der Waals surface area (Å²) in [6, 6.07) is 13.5. The van der Waals surface area contributed by atoms with E-state index in [4.69, 9.17) is 0 Å². The van der Waals surface area contributed by atoms with Crippen molar-refractivity contribution < 1.29 is 14.0 Å². The average molecular weight is 428 g/mol. The highest BCUT2D eigenvalue weighted by Crippen LogP contribution is 2.20. The molecule has 2 amide bonds. The molecule has 1 aromatic heterocycles. The van der Waals surface area contributed by atoms with E-state index in [1.54, 1.807) is 16.7 Å². The Labute approximate surface area is 178 Å². The number of carbonyl (C=O) groups is 2. The van der Waals surface area contributed by atoms with Gasteiger partial charge in [-0.15, -0.1) is 10.2 Å². The van der Waals surface area contributed by atoms with Crippen LogP contribution in [0.15, 0.2) is 53.7 Å². The topological polar surface area (TPSA) is 88.9 Å². The van der Waals surface area contributed by atoms with Gasteiger partial charge in [-0.25, -0.2) is 4.39 Å². The number of benzene rings is 2. The number of hydrogen-bond acceptors (Lipinski definition) is 5. The molecule has 0 bridgehead atoms. The molecule has 0 atom stereocenters. The van der Waals surface area contributed by atoms with E-state index in [1.807, 2.05) is 38.1 Å². The van der Waals surface area contributed by atoms with Gasteiger partial charge in [0.1, 0.15) is 11.6 Å². The van der Waals surface area contributed by atoms with Gasteiger partial charge in [0, 0.05) is 12.2 Å². The fraction of sp³-hybridized carbons (Fsp3) is 0.238. The maximum atomic E-state index is 13.7. The lowest BCUT2D eigenvalue weighted by Crippen LogP contribution is -2.18. The number of para-hydroxylation sites is 2. The van der Waals surface area contributed by atoms with Crippen molar-refractivity contribution in [1.82, 2.24) is 14.8 Å². The van der Waals surface area contributed by atoms with Crippen LogP contribution in [0.1, 0.15) is 18.3 Å². The van der Waals surface area contributed by atoms with Crippen LogP contribution in [0.5, 0.6) is 0 Å². The second-order valence-electron chi connectivity index (χ2n) is 6.50. The average Bonchev–Trinajstić information content (AvgIpc) is 3.11. The third-order valence-corrected chi connectivity index (χ3v) is 5.29. The molecule has 0 fully saturated rings. The molecule has 2 aromatic carbocycles. The van der Waals surface area contributed by atoms with E-state index in [2.05, 4.69) is 20.8 Å². The Kier molecular flexibility index (Phi) is 7.18. The Hall–Kier alpha value is -3.20. The van der Waals surface area contributed by atoms with Crippen molar-refractivity contribution in [2.75, 3.05) is 16.4 Å². The van der Waals surface area contributed by atoms with Gasteiger partial charge in [0.25, 0.3) is 0 Å². The minimum atomic E-state index is -0.501. The number of nitrogens with one attached hydrogen (secondary N) is 2. The largest absolute Gasteiger partial charge is 0.325 e. The molecule has 3 rings (SSSR count). The van der Waals surface area contributed by atoms with Gasteiger partial charge in [-0.05, 0) is 37.6 Å². The van der Waals surface area contributed by atoms with E-state index in [0.29, 0.717) is 17.5 Å². The predicted molar refractivity (Wildman–Crippen MR) is 115 cm³/mol. The number of aryl methyl sites for hydroxylation is 1. The van der Waals surface area contributed by atoms with Crippen molar-refractivity contribution in [2.45, 2.75) is 32.0 Å². The zero-order valence-electron chi connectivity index (χ0n) is 16.7. The molecule has 156 valence electrons. The molecule has 2 N–H and O–H groups in total. The number of amides is 2. The molecule has 1 heterocycles. The monoisotopic (exact) mass is 427 g/mol. The van der Waals surface area contributed by atoms with Crippen molar-refractivity contribution in [3.8, 4) is 0 Å². The summed E-state index contributed by atoms with van der Waals surface area (Å²) < 4.78 is 15.5. The lowest BCUT2D eigenvalue weighted by Gasteiger charge is -2.09. The summed E-state index contributed by atoms with van der Waals surface area (Å²) >= 11 is 1.24. The SMILES string of the molecule is CCn1c(CC(=O)Nc2ccccc2F)nnc1SCC(=O)Nc1ccccc1C. The van der Waals surface area contributed by atoms with Crippen molar-refractivity contribution in [3.63, 3.8) is 0 Å². The molecule has 0 aliphatic rings. The number of anilines is 2. The van der Waals surface area contributed by atoms with Crippen molar-refractivity contribution >= 4 is 35.0 Å². The molecule has 0 saturated heterocycles. The quantitative estimate of drug-likeness (QED) is 0.536. The molecule has 0 radical (unpaired) electrons. The third-order valence-electron chi connectivity index (χ3n) is 4.33. The highest BCUT2D eigenvalue weighted by Gasteiger charge is 2.17. The van der Waals surface area contributed by atoms with Crippen LogP contribution in [0.25, 0.3) is 0 Å². The summed E-state index contributed by atoms with van der Waals surface area (Å²) in [5, 5.41) is 14.1. The van der Waals surface area contributed by atoms with Gasteiger partial charge in [0.2, 0.25) is 11.8 Å². The van der Waals surface area contributed by atoms with Gasteiger partial charge < -0.3 is 15.2 Å². The van der Waals surface area contributed by atoms with Crippen LogP contribution in [0.4, 0.5) is 15.8 Å². The number of rotatable bonds is 8. The third kappa shape index (κ3) is 5.44. The van der Waals surface area contributed by atoms with Gasteiger partial charge in [0.15, 0.2) is 5.16 Å². The van der Waals surface area contributed by atoms with E-state index in [-0.39, 0.29) is 23.8 Å². The first-order valence-electron chi connectivity index (χ1n) is 9.42. The Balaban J connectivity index is 1.60. The van der Waals surface area contributed by atoms with Crippen LogP contribution in [0.2, 0.25) is 0 Å². The van der Waals surface area contributed by atoms with Crippen molar-refractivity contribution in [3.05, 3.63) is 65.7 Å². The Morgan fingerprint density at radius 2 is 1.67 bits per heavy atom. The van der Waals surface area contributed by atoms with Crippen LogP contribution in [-0.2, 0) is 22.6 Å². The van der Waals surface area contributed by atoms with Crippen molar-refractivity contribution in [1.29, 1.82) is 0 Å². The number of hydrogen-bond donors (Lipinski definition) is 2. The highest BCUT2D eigenvalue weighted by atomic mass is 32.2. The van der Waals surface area contributed by atoms with Gasteiger partial charge in [-0.1, -0.05) is 42.1 Å². The number of aromatic nitrogens is 3. The van der Waals surface area contributed by atoms with E-state index < -0.39 is 11.7 Å². The molecule has 0 aliphatic carbocycles. The number of thioether (sulfide) groups is 1. The van der Waals surface area contributed by atoms with E-state index in [0.717, 1.165) is 11.3 Å². The van der Waals surface area contributed by atoms with Crippen molar-refractivity contribution in [2.24, 2.45) is 0 Å². The summed E-state index contributed by atoms with van der Waals surface area (Å²) in [4.78, 5) is 24.6. The first-order chi connectivity index (χ1) is 14.5. The maximum Gasteiger partial charge on any atom is 0.234 e. The van der Waals surface area contributed by atoms with Crippen LogP contribution in [0.3, 0.4) is 0 Å². The maximum absolute atomic E-state index is 13.7. The molecule has 3 aromatic rings. The fourth-order valence-corrected chi connectivity index (χ4v) is 3.63. The normalized spacial score (nSPS) is 10.6. The van der Waals surface area contributed by atoms with E-state index in [1.165, 1.54) is 23.9 Å². The van der Waals surface area contributed by atoms with Crippen LogP contribution in [-0.4, -0.2) is 32.3 Å². The summed E-state index contributed by atoms with van der Waals surface area (Å²) in [5.74, 6) is -0.435. The zero-order chi connectivity index (χ0) is 21.5. The summed E-state index contributed by atoms with van der Waals surface area (Å²) in [6.07, 6.45) is -0.0505. The van der Waals surface area contributed by atoms with Crippen LogP contribution >= 0.6 is 11.8 Å². The second-order valence-corrected chi connectivity index (χ2v) is 7.44. The molecule has 0 aliphatic heterocycles. The zero-order valence-corrected chi connectivity index (χ0v) is 17.5. The lowest BCUT2D eigenvalue weighted by atomic mass is 10.2. The summed E-state index contributed by atoms with van der Waals surface area (Å²) in [7, 11) is 0. The number of nitrogens with zero attached hydrogens (tertiary/aromatic N) is 3. The smallest absolute Gasteiger partial charge is 0.234 e. The van der Waals surface area contributed by atoms with Gasteiger partial charge in [-0.3, -0.25) is 9.59 Å². The Morgan fingerprint density at radius 1 is 1.00 bits per heavy atom. The van der Waals surface area contributed by atoms with E-state index >= 15 is 0 Å². The van der Waals surface area contributed by atoms with Crippen LogP contribution < -0.4 is 10.6 Å².